The molecule has 30 valence electrons. The highest BCUT2D eigenvalue weighted by molar-refractivity contribution is 8.07. The molecule has 5 heavy (non-hydrogen) atoms. The summed E-state index contributed by atoms with van der Waals surface area (Å²) in [5.41, 5.74) is 0. The van der Waals surface area contributed by atoms with Gasteiger partial charge in [0, 0.05) is 10.5 Å². The smallest absolute Gasteiger partial charge is 0.0138 e. The van der Waals surface area contributed by atoms with Crippen LogP contribution in [0, 0.1) is 0 Å². The lowest BCUT2D eigenvalue weighted by Crippen LogP contribution is -1.74. The molecule has 0 aliphatic carbocycles. The Labute approximate surface area is 37.0 Å². The van der Waals surface area contributed by atoms with Gasteiger partial charge in [-0.1, -0.05) is 13.8 Å². The first kappa shape index (κ1) is 3.54. The molecule has 1 heteroatoms. The average Bonchev–Trinajstić information content (AvgIpc) is 1.79. The van der Waals surface area contributed by atoms with E-state index in [-0.39, 0.29) is 0 Å². The van der Waals surface area contributed by atoms with Gasteiger partial charge in [-0.2, -0.15) is 11.8 Å². The second kappa shape index (κ2) is 0.904. The predicted octanol–water partition coefficient (Wildman–Crippen LogP) is 1.51. The van der Waals surface area contributed by atoms with Crippen LogP contribution in [0.2, 0.25) is 0 Å². The van der Waals surface area contributed by atoms with Crippen LogP contribution in [-0.2, 0) is 0 Å². The summed E-state index contributed by atoms with van der Waals surface area (Å²) < 4.78 is 0. The van der Waals surface area contributed by atoms with Crippen molar-refractivity contribution in [3.63, 3.8) is 0 Å². The van der Waals surface area contributed by atoms with Crippen LogP contribution in [0.15, 0.2) is 0 Å². The van der Waals surface area contributed by atoms with Crippen molar-refractivity contribution in [2.75, 3.05) is 0 Å². The van der Waals surface area contributed by atoms with Crippen LogP contribution < -0.4 is 0 Å². The molecule has 0 nitrogen and oxygen atoms in total. The molecule has 0 bridgehead atoms. The fraction of sp³-hybridized carbons (Fsp3) is 1.00. The highest BCUT2D eigenvalue weighted by Crippen LogP contribution is 2.39. The van der Waals surface area contributed by atoms with E-state index in [4.69, 9.17) is 0 Å². The van der Waals surface area contributed by atoms with Crippen molar-refractivity contribution in [1.29, 1.82) is 0 Å². The Morgan fingerprint density at radius 1 is 1.20 bits per heavy atom. The van der Waals surface area contributed by atoms with Crippen molar-refractivity contribution in [2.24, 2.45) is 0 Å². The van der Waals surface area contributed by atoms with E-state index in [0.29, 0.717) is 0 Å². The van der Waals surface area contributed by atoms with Crippen molar-refractivity contribution >= 4 is 11.8 Å². The third-order valence-corrected chi connectivity index (χ3v) is 2.37. The Balaban J connectivity index is 2.20. The third-order valence-electron chi connectivity index (χ3n) is 1.01. The van der Waals surface area contributed by atoms with Gasteiger partial charge in [0.25, 0.3) is 0 Å². The molecular formula is C4H8S. The summed E-state index contributed by atoms with van der Waals surface area (Å²) in [6.45, 7) is 4.52. The summed E-state index contributed by atoms with van der Waals surface area (Å²) in [5.74, 6) is 0. The fourth-order valence-electron chi connectivity index (χ4n) is 0.293. The van der Waals surface area contributed by atoms with Crippen molar-refractivity contribution in [1.82, 2.24) is 0 Å². The molecule has 0 aromatic rings. The normalized spacial score (nSPS) is 49.2. The average molecular weight is 88.2 g/mol. The second-order valence-corrected chi connectivity index (χ2v) is 3.31. The van der Waals surface area contributed by atoms with Gasteiger partial charge in [0.15, 0.2) is 0 Å². The molecular weight excluding hydrogens is 80.1 g/mol. The zero-order valence-electron chi connectivity index (χ0n) is 3.56. The Morgan fingerprint density at radius 3 is 1.40 bits per heavy atom. The minimum atomic E-state index is 0.968. The fourth-order valence-corrected chi connectivity index (χ4v) is 0.880. The summed E-state index contributed by atoms with van der Waals surface area (Å²) in [6.07, 6.45) is 0. The van der Waals surface area contributed by atoms with E-state index < -0.39 is 0 Å². The van der Waals surface area contributed by atoms with Crippen molar-refractivity contribution < 1.29 is 0 Å². The number of rotatable bonds is 0. The third kappa shape index (κ3) is 0.596. The summed E-state index contributed by atoms with van der Waals surface area (Å²) in [7, 11) is 0. The minimum Gasteiger partial charge on any atom is -0.153 e. The Kier molecular flexibility index (Phi) is 0.639. The van der Waals surface area contributed by atoms with Crippen LogP contribution in [-0.4, -0.2) is 10.5 Å². The standard InChI is InChI=1S/C4H8S/c1-3-4(2)5-3/h3-4H,1-2H3/t3-,4?/m0/s1. The molecule has 0 amide bonds. The lowest BCUT2D eigenvalue weighted by molar-refractivity contribution is 1.05. The van der Waals surface area contributed by atoms with E-state index in [1.54, 1.807) is 0 Å². The molecule has 1 rings (SSSR count). The van der Waals surface area contributed by atoms with Crippen molar-refractivity contribution in [2.45, 2.75) is 24.3 Å². The zero-order chi connectivity index (χ0) is 3.86. The second-order valence-electron chi connectivity index (χ2n) is 1.55. The van der Waals surface area contributed by atoms with Crippen LogP contribution in [0.1, 0.15) is 13.8 Å². The molecule has 0 saturated carbocycles. The predicted molar refractivity (Wildman–Crippen MR) is 26.5 cm³/mol. The van der Waals surface area contributed by atoms with Crippen LogP contribution in [0.4, 0.5) is 0 Å². The lowest BCUT2D eigenvalue weighted by atomic mass is 10.4. The topological polar surface area (TPSA) is 0 Å². The number of hydrogen-bond acceptors (Lipinski definition) is 1. The van der Waals surface area contributed by atoms with Crippen LogP contribution >= 0.6 is 11.8 Å². The van der Waals surface area contributed by atoms with E-state index in [0.717, 1.165) is 10.5 Å². The van der Waals surface area contributed by atoms with Crippen LogP contribution in [0.5, 0.6) is 0 Å². The molecule has 1 aliphatic heterocycles. The van der Waals surface area contributed by atoms with Gasteiger partial charge in [0.05, 0.1) is 0 Å². The van der Waals surface area contributed by atoms with E-state index in [1.807, 2.05) is 11.8 Å². The Hall–Kier alpha value is 0.350. The molecule has 1 aliphatic rings. The maximum atomic E-state index is 2.26. The molecule has 0 N–H and O–H groups in total. The van der Waals surface area contributed by atoms with E-state index in [9.17, 15) is 0 Å². The summed E-state index contributed by atoms with van der Waals surface area (Å²) in [4.78, 5) is 0. The van der Waals surface area contributed by atoms with Gasteiger partial charge in [-0.25, -0.2) is 0 Å². The molecule has 1 unspecified atom stereocenters. The van der Waals surface area contributed by atoms with Gasteiger partial charge < -0.3 is 0 Å². The maximum Gasteiger partial charge on any atom is 0.0138 e. The van der Waals surface area contributed by atoms with E-state index in [2.05, 4.69) is 13.8 Å². The number of hydrogen-bond donors (Lipinski definition) is 0. The first-order valence-corrected chi connectivity index (χ1v) is 2.90. The van der Waals surface area contributed by atoms with Gasteiger partial charge in [0.1, 0.15) is 0 Å². The largest absolute Gasteiger partial charge is 0.153 e. The van der Waals surface area contributed by atoms with Gasteiger partial charge >= 0.3 is 0 Å². The molecule has 1 heterocycles. The molecule has 0 spiro atoms. The van der Waals surface area contributed by atoms with Crippen LogP contribution in [0.25, 0.3) is 0 Å². The summed E-state index contributed by atoms with van der Waals surface area (Å²) >= 11 is 2.05. The Morgan fingerprint density at radius 2 is 1.40 bits per heavy atom. The highest BCUT2D eigenvalue weighted by Gasteiger charge is 2.27. The molecule has 1 fully saturated rings. The highest BCUT2D eigenvalue weighted by atomic mass is 32.2. The molecule has 0 aromatic carbocycles. The zero-order valence-corrected chi connectivity index (χ0v) is 4.38. The monoisotopic (exact) mass is 88.0 g/mol. The quantitative estimate of drug-likeness (QED) is 0.404. The first-order valence-electron chi connectivity index (χ1n) is 1.96. The minimum absolute atomic E-state index is 0.968. The molecule has 2 atom stereocenters. The van der Waals surface area contributed by atoms with Gasteiger partial charge in [-0.3, -0.25) is 0 Å². The maximum absolute atomic E-state index is 2.26. The molecule has 1 saturated heterocycles. The first-order chi connectivity index (χ1) is 2.30. The Bertz CT molecular complexity index is 36.9. The van der Waals surface area contributed by atoms with E-state index in [1.165, 1.54) is 0 Å². The van der Waals surface area contributed by atoms with E-state index >= 15 is 0 Å². The van der Waals surface area contributed by atoms with Gasteiger partial charge in [-0.15, -0.1) is 0 Å². The van der Waals surface area contributed by atoms with Gasteiger partial charge in [0.2, 0.25) is 0 Å². The summed E-state index contributed by atoms with van der Waals surface area (Å²) in [6, 6.07) is 0. The molecule has 0 radical (unpaired) electrons. The number of thioether (sulfide) groups is 1. The van der Waals surface area contributed by atoms with Crippen molar-refractivity contribution in [3.05, 3.63) is 0 Å². The molecule has 0 aromatic heterocycles. The summed E-state index contributed by atoms with van der Waals surface area (Å²) in [5, 5.41) is 1.94. The SMILES string of the molecule is CC1S[C@H]1C. The lowest BCUT2D eigenvalue weighted by Gasteiger charge is -1.62. The van der Waals surface area contributed by atoms with Crippen LogP contribution in [0.3, 0.4) is 0 Å². The van der Waals surface area contributed by atoms with Gasteiger partial charge in [-0.05, 0) is 0 Å². The van der Waals surface area contributed by atoms with Crippen molar-refractivity contribution in [3.8, 4) is 0 Å².